The molecule has 0 radical (unpaired) electrons. The first-order chi connectivity index (χ1) is 14.3. The molecule has 2 N–H and O–H groups in total. The first kappa shape index (κ1) is 20.4. The van der Waals surface area contributed by atoms with Crippen LogP contribution in [0, 0.1) is 0 Å². The van der Waals surface area contributed by atoms with E-state index in [4.69, 9.17) is 10.5 Å². The van der Waals surface area contributed by atoms with E-state index in [-0.39, 0.29) is 0 Å². The summed E-state index contributed by atoms with van der Waals surface area (Å²) in [4.78, 5) is 2.62. The summed E-state index contributed by atoms with van der Waals surface area (Å²) in [6, 6.07) is 15.4. The van der Waals surface area contributed by atoms with Crippen molar-refractivity contribution in [2.75, 3.05) is 26.2 Å². The normalized spacial score (nSPS) is 17.8. The van der Waals surface area contributed by atoms with E-state index in [1.165, 1.54) is 92.6 Å². The average Bonchev–Trinajstić information content (AvgIpc) is 2.79. The molecule has 156 valence electrons. The number of nitrogens with zero attached hydrogens (tertiary/aromatic N) is 1. The fourth-order valence-electron chi connectivity index (χ4n) is 4.98. The van der Waals surface area contributed by atoms with Gasteiger partial charge in [0.05, 0.1) is 0 Å². The number of benzene rings is 2. The number of rotatable bonds is 8. The molecule has 0 aromatic heterocycles. The van der Waals surface area contributed by atoms with Gasteiger partial charge in [0.2, 0.25) is 0 Å². The van der Waals surface area contributed by atoms with Crippen LogP contribution < -0.4 is 10.5 Å². The first-order valence-electron chi connectivity index (χ1n) is 11.6. The Morgan fingerprint density at radius 1 is 0.931 bits per heavy atom. The largest absolute Gasteiger partial charge is 0.488 e. The zero-order chi connectivity index (χ0) is 19.9. The maximum Gasteiger partial charge on any atom is 0.126 e. The maximum atomic E-state index is 6.55. The molecule has 1 heterocycles. The van der Waals surface area contributed by atoms with Crippen molar-refractivity contribution < 1.29 is 4.74 Å². The number of piperidine rings is 1. The minimum Gasteiger partial charge on any atom is -0.488 e. The Bertz CT molecular complexity index is 766. The van der Waals surface area contributed by atoms with Gasteiger partial charge in [0.15, 0.2) is 0 Å². The number of hydrogen-bond donors (Lipinski definition) is 1. The minimum atomic E-state index is 0.624. The average molecular weight is 393 g/mol. The highest BCUT2D eigenvalue weighted by Crippen LogP contribution is 2.40. The van der Waals surface area contributed by atoms with Crippen LogP contribution in [-0.4, -0.2) is 31.1 Å². The maximum absolute atomic E-state index is 6.55. The van der Waals surface area contributed by atoms with Gasteiger partial charge in [-0.3, -0.25) is 0 Å². The van der Waals surface area contributed by atoms with E-state index >= 15 is 0 Å². The van der Waals surface area contributed by atoms with E-state index in [9.17, 15) is 0 Å². The second-order valence-electron chi connectivity index (χ2n) is 8.71. The van der Waals surface area contributed by atoms with Crippen molar-refractivity contribution >= 4 is 0 Å². The molecular formula is C26H36N2O. The summed E-state index contributed by atoms with van der Waals surface area (Å²) >= 11 is 0. The molecule has 0 bridgehead atoms. The molecule has 0 saturated carbocycles. The summed E-state index contributed by atoms with van der Waals surface area (Å²) in [5.74, 6) is 1.84. The lowest BCUT2D eigenvalue weighted by molar-refractivity contribution is 0.206. The van der Waals surface area contributed by atoms with E-state index in [1.807, 2.05) is 0 Å². The van der Waals surface area contributed by atoms with Crippen LogP contribution in [0.25, 0.3) is 0 Å². The lowest BCUT2D eigenvalue weighted by Gasteiger charge is -2.34. The molecule has 1 fully saturated rings. The highest BCUT2D eigenvalue weighted by molar-refractivity contribution is 5.49. The molecular weight excluding hydrogens is 356 g/mol. The van der Waals surface area contributed by atoms with Gasteiger partial charge in [-0.05, 0) is 106 Å². The third-order valence-corrected chi connectivity index (χ3v) is 6.69. The van der Waals surface area contributed by atoms with Gasteiger partial charge in [-0.1, -0.05) is 42.5 Å². The summed E-state index contributed by atoms with van der Waals surface area (Å²) in [5.41, 5.74) is 11.4. The van der Waals surface area contributed by atoms with E-state index in [2.05, 4.69) is 47.4 Å². The molecule has 0 amide bonds. The Kier molecular flexibility index (Phi) is 7.23. The fourth-order valence-corrected chi connectivity index (χ4v) is 4.98. The van der Waals surface area contributed by atoms with Crippen LogP contribution in [0.15, 0.2) is 42.5 Å². The third-order valence-electron chi connectivity index (χ3n) is 6.69. The van der Waals surface area contributed by atoms with Gasteiger partial charge in [0.1, 0.15) is 12.4 Å². The summed E-state index contributed by atoms with van der Waals surface area (Å²) in [7, 11) is 0. The number of nitrogens with two attached hydrogens (primary N) is 1. The number of hydrogen-bond acceptors (Lipinski definition) is 3. The lowest BCUT2D eigenvalue weighted by Crippen LogP contribution is -2.34. The number of ether oxygens (including phenoxy) is 1. The van der Waals surface area contributed by atoms with Crippen molar-refractivity contribution in [3.63, 3.8) is 0 Å². The molecule has 4 rings (SSSR count). The Balaban J connectivity index is 1.49. The standard InChI is InChI=1S/C26H36N2O/c27-16-6-7-17-28-18-14-23(15-19-28)25-13-12-22-10-4-5-11-24(22)26(25)29-20-21-8-2-1-3-9-21/h1-3,8-9,12-13,23H,4-7,10-11,14-20,27H2. The molecule has 0 atom stereocenters. The van der Waals surface area contributed by atoms with Gasteiger partial charge in [-0.2, -0.15) is 0 Å². The summed E-state index contributed by atoms with van der Waals surface area (Å²) in [6.45, 7) is 5.08. The van der Waals surface area contributed by atoms with Crippen molar-refractivity contribution in [3.05, 3.63) is 64.7 Å². The second-order valence-corrected chi connectivity index (χ2v) is 8.71. The molecule has 0 spiro atoms. The molecule has 1 aliphatic heterocycles. The smallest absolute Gasteiger partial charge is 0.126 e. The monoisotopic (exact) mass is 392 g/mol. The van der Waals surface area contributed by atoms with Gasteiger partial charge >= 0.3 is 0 Å². The summed E-state index contributed by atoms with van der Waals surface area (Å²) in [6.07, 6.45) is 9.82. The molecule has 2 aromatic carbocycles. The number of likely N-dealkylation sites (tertiary alicyclic amines) is 1. The lowest BCUT2D eigenvalue weighted by atomic mass is 9.83. The van der Waals surface area contributed by atoms with Crippen LogP contribution >= 0.6 is 0 Å². The zero-order valence-corrected chi connectivity index (χ0v) is 17.7. The highest BCUT2D eigenvalue weighted by atomic mass is 16.5. The summed E-state index contributed by atoms with van der Waals surface area (Å²) < 4.78 is 6.55. The van der Waals surface area contributed by atoms with Crippen LogP contribution in [0.1, 0.15) is 66.7 Å². The van der Waals surface area contributed by atoms with Gasteiger partial charge in [0.25, 0.3) is 0 Å². The number of fused-ring (bicyclic) bond motifs is 1. The zero-order valence-electron chi connectivity index (χ0n) is 17.7. The summed E-state index contributed by atoms with van der Waals surface area (Å²) in [5, 5.41) is 0. The van der Waals surface area contributed by atoms with E-state index in [1.54, 1.807) is 0 Å². The van der Waals surface area contributed by atoms with Crippen molar-refractivity contribution in [3.8, 4) is 5.75 Å². The highest BCUT2D eigenvalue weighted by Gasteiger charge is 2.26. The van der Waals surface area contributed by atoms with E-state index in [0.717, 1.165) is 13.0 Å². The number of unbranched alkanes of at least 4 members (excludes halogenated alkanes) is 1. The first-order valence-corrected chi connectivity index (χ1v) is 11.6. The quantitative estimate of drug-likeness (QED) is 0.638. The van der Waals surface area contributed by atoms with Gasteiger partial charge in [0, 0.05) is 0 Å². The Morgan fingerprint density at radius 2 is 1.72 bits per heavy atom. The second kappa shape index (κ2) is 10.3. The number of aryl methyl sites for hydroxylation is 1. The Hall–Kier alpha value is -1.84. The molecule has 2 aliphatic rings. The van der Waals surface area contributed by atoms with Crippen molar-refractivity contribution in [2.45, 2.75) is 63.9 Å². The molecule has 1 aliphatic carbocycles. The predicted octanol–water partition coefficient (Wildman–Crippen LogP) is 5.06. The topological polar surface area (TPSA) is 38.5 Å². The van der Waals surface area contributed by atoms with Gasteiger partial charge in [-0.15, -0.1) is 0 Å². The van der Waals surface area contributed by atoms with Gasteiger partial charge < -0.3 is 15.4 Å². The van der Waals surface area contributed by atoms with Crippen LogP contribution in [-0.2, 0) is 19.4 Å². The van der Waals surface area contributed by atoms with Crippen LogP contribution in [0.4, 0.5) is 0 Å². The van der Waals surface area contributed by atoms with E-state index < -0.39 is 0 Å². The molecule has 3 heteroatoms. The van der Waals surface area contributed by atoms with Crippen LogP contribution in [0.5, 0.6) is 5.75 Å². The molecule has 2 aromatic rings. The molecule has 0 unspecified atom stereocenters. The van der Waals surface area contributed by atoms with Crippen LogP contribution in [0.3, 0.4) is 0 Å². The molecule has 3 nitrogen and oxygen atoms in total. The Labute approximate surface area is 176 Å². The fraction of sp³-hybridized carbons (Fsp3) is 0.538. The molecule has 1 saturated heterocycles. The minimum absolute atomic E-state index is 0.624. The van der Waals surface area contributed by atoms with Crippen molar-refractivity contribution in [1.82, 2.24) is 4.90 Å². The van der Waals surface area contributed by atoms with Crippen LogP contribution in [0.2, 0.25) is 0 Å². The SMILES string of the molecule is NCCCCN1CCC(c2ccc3c(c2OCc2ccccc2)CCCC3)CC1. The predicted molar refractivity (Wildman–Crippen MR) is 121 cm³/mol. The Morgan fingerprint density at radius 3 is 2.52 bits per heavy atom. The third kappa shape index (κ3) is 5.21. The van der Waals surface area contributed by atoms with Crippen molar-refractivity contribution in [1.29, 1.82) is 0 Å². The van der Waals surface area contributed by atoms with Gasteiger partial charge in [-0.25, -0.2) is 0 Å². The van der Waals surface area contributed by atoms with Crippen molar-refractivity contribution in [2.24, 2.45) is 5.73 Å². The van der Waals surface area contributed by atoms with E-state index in [0.29, 0.717) is 12.5 Å². The molecule has 29 heavy (non-hydrogen) atoms.